The Bertz CT molecular complexity index is 393. The van der Waals surface area contributed by atoms with Crippen LogP contribution in [0, 0.1) is 5.41 Å². The molecule has 0 saturated carbocycles. The molecule has 1 fully saturated rings. The van der Waals surface area contributed by atoms with E-state index in [2.05, 4.69) is 28.2 Å². The molecule has 1 aliphatic heterocycles. The number of hydrogen-bond acceptors (Lipinski definition) is 2. The van der Waals surface area contributed by atoms with Gasteiger partial charge in [0.15, 0.2) is 0 Å². The van der Waals surface area contributed by atoms with Gasteiger partial charge in [0, 0.05) is 16.3 Å². The third-order valence-electron chi connectivity index (χ3n) is 3.66. The van der Waals surface area contributed by atoms with Gasteiger partial charge in [-0.1, -0.05) is 35.0 Å². The summed E-state index contributed by atoms with van der Waals surface area (Å²) in [6, 6.07) is 8.03. The van der Waals surface area contributed by atoms with E-state index in [1.54, 1.807) is 0 Å². The van der Waals surface area contributed by atoms with E-state index in [1.165, 1.54) is 0 Å². The zero-order chi connectivity index (χ0) is 12.3. The number of carbonyl (C=O) groups is 1. The molecule has 1 aromatic rings. The lowest BCUT2D eigenvalue weighted by Gasteiger charge is -2.32. The van der Waals surface area contributed by atoms with Crippen molar-refractivity contribution in [1.29, 1.82) is 0 Å². The lowest BCUT2D eigenvalue weighted by Crippen LogP contribution is -2.40. The summed E-state index contributed by atoms with van der Waals surface area (Å²) in [4.78, 5) is 12.3. The first kappa shape index (κ1) is 12.8. The molecule has 1 aliphatic rings. The summed E-state index contributed by atoms with van der Waals surface area (Å²) < 4.78 is 1.06. The van der Waals surface area contributed by atoms with Crippen molar-refractivity contribution >= 4 is 21.7 Å². The van der Waals surface area contributed by atoms with Gasteiger partial charge in [-0.25, -0.2) is 0 Å². The van der Waals surface area contributed by atoms with E-state index in [9.17, 15) is 4.79 Å². The Hall–Kier alpha value is -0.670. The molecule has 1 heterocycles. The summed E-state index contributed by atoms with van der Waals surface area (Å²) in [6.45, 7) is 4.03. The number of rotatable bonds is 3. The third-order valence-corrected chi connectivity index (χ3v) is 4.19. The third kappa shape index (κ3) is 3.17. The first-order valence-electron chi connectivity index (χ1n) is 6.09. The normalized spacial score (nSPS) is 18.9. The summed E-state index contributed by atoms with van der Waals surface area (Å²) in [5, 5.41) is 3.31. The second-order valence-electron chi connectivity index (χ2n) is 5.04. The molecule has 0 spiro atoms. The molecule has 0 aromatic heterocycles. The zero-order valence-electron chi connectivity index (χ0n) is 10.1. The van der Waals surface area contributed by atoms with Crippen molar-refractivity contribution in [2.75, 3.05) is 13.1 Å². The van der Waals surface area contributed by atoms with Gasteiger partial charge in [-0.2, -0.15) is 0 Å². The van der Waals surface area contributed by atoms with E-state index in [1.807, 2.05) is 24.3 Å². The van der Waals surface area contributed by atoms with Gasteiger partial charge in [0.25, 0.3) is 0 Å². The van der Waals surface area contributed by atoms with Crippen LogP contribution in [0.4, 0.5) is 0 Å². The molecule has 2 rings (SSSR count). The van der Waals surface area contributed by atoms with Crippen LogP contribution in [0.5, 0.6) is 0 Å². The fraction of sp³-hybridized carbons (Fsp3) is 0.500. The number of nitrogens with one attached hydrogen (secondary N) is 1. The Morgan fingerprint density at radius 3 is 2.47 bits per heavy atom. The van der Waals surface area contributed by atoms with Crippen LogP contribution < -0.4 is 5.32 Å². The van der Waals surface area contributed by atoms with E-state index >= 15 is 0 Å². The number of Topliss-reactive ketones (excluding diaryl/α,β-unsaturated/α-hetero) is 1. The summed E-state index contributed by atoms with van der Waals surface area (Å²) in [7, 11) is 0. The van der Waals surface area contributed by atoms with Gasteiger partial charge in [-0.3, -0.25) is 4.79 Å². The average molecular weight is 296 g/mol. The van der Waals surface area contributed by atoms with Crippen LogP contribution in [-0.4, -0.2) is 18.9 Å². The van der Waals surface area contributed by atoms with E-state index < -0.39 is 0 Å². The van der Waals surface area contributed by atoms with Gasteiger partial charge in [0.05, 0.1) is 0 Å². The molecule has 3 heteroatoms. The molecule has 0 atom stereocenters. The predicted molar refractivity (Wildman–Crippen MR) is 73.1 cm³/mol. The minimum absolute atomic E-state index is 0.127. The number of halogens is 1. The molecule has 0 amide bonds. The Morgan fingerprint density at radius 1 is 1.29 bits per heavy atom. The fourth-order valence-corrected chi connectivity index (χ4v) is 2.52. The quantitative estimate of drug-likeness (QED) is 0.929. The summed E-state index contributed by atoms with van der Waals surface area (Å²) in [5.74, 6) is 0.376. The molecule has 0 aliphatic carbocycles. The van der Waals surface area contributed by atoms with Crippen molar-refractivity contribution in [2.24, 2.45) is 5.41 Å². The number of piperidine rings is 1. The lowest BCUT2D eigenvalue weighted by molar-refractivity contribution is -0.128. The van der Waals surface area contributed by atoms with Crippen molar-refractivity contribution in [2.45, 2.75) is 26.2 Å². The van der Waals surface area contributed by atoms with Gasteiger partial charge in [-0.15, -0.1) is 0 Å². The molecule has 0 radical (unpaired) electrons. The van der Waals surface area contributed by atoms with Gasteiger partial charge < -0.3 is 5.32 Å². The minimum atomic E-state index is -0.127. The molecule has 1 saturated heterocycles. The molecule has 2 nitrogen and oxygen atoms in total. The molecule has 1 aromatic carbocycles. The first-order valence-corrected chi connectivity index (χ1v) is 6.88. The van der Waals surface area contributed by atoms with Crippen LogP contribution in [0.2, 0.25) is 0 Å². The number of carbonyl (C=O) groups excluding carboxylic acids is 1. The maximum absolute atomic E-state index is 12.3. The Morgan fingerprint density at radius 2 is 1.88 bits per heavy atom. The molecule has 1 N–H and O–H groups in total. The smallest absolute Gasteiger partial charge is 0.143 e. The van der Waals surface area contributed by atoms with Crippen LogP contribution >= 0.6 is 15.9 Å². The van der Waals surface area contributed by atoms with Crippen LogP contribution in [-0.2, 0) is 11.2 Å². The van der Waals surface area contributed by atoms with E-state index in [0.29, 0.717) is 12.2 Å². The van der Waals surface area contributed by atoms with Crippen molar-refractivity contribution in [3.63, 3.8) is 0 Å². The Balaban J connectivity index is 2.03. The minimum Gasteiger partial charge on any atom is -0.317 e. The van der Waals surface area contributed by atoms with Crippen molar-refractivity contribution in [3.05, 3.63) is 34.3 Å². The van der Waals surface area contributed by atoms with Crippen LogP contribution in [0.25, 0.3) is 0 Å². The summed E-state index contributed by atoms with van der Waals surface area (Å²) >= 11 is 3.41. The highest BCUT2D eigenvalue weighted by atomic mass is 79.9. The van der Waals surface area contributed by atoms with Gasteiger partial charge in [-0.05, 0) is 43.6 Å². The molecule has 0 unspecified atom stereocenters. The summed E-state index contributed by atoms with van der Waals surface area (Å²) in [6.07, 6.45) is 2.48. The van der Waals surface area contributed by atoms with E-state index in [0.717, 1.165) is 36.0 Å². The van der Waals surface area contributed by atoms with E-state index in [-0.39, 0.29) is 5.41 Å². The summed E-state index contributed by atoms with van der Waals surface area (Å²) in [5.41, 5.74) is 0.983. The van der Waals surface area contributed by atoms with Crippen LogP contribution in [0.3, 0.4) is 0 Å². The maximum atomic E-state index is 12.3. The van der Waals surface area contributed by atoms with Crippen molar-refractivity contribution in [3.8, 4) is 0 Å². The van der Waals surface area contributed by atoms with Gasteiger partial charge in [0.2, 0.25) is 0 Å². The second kappa shape index (κ2) is 5.32. The van der Waals surface area contributed by atoms with Gasteiger partial charge in [0.1, 0.15) is 5.78 Å². The van der Waals surface area contributed by atoms with Crippen molar-refractivity contribution < 1.29 is 4.79 Å². The van der Waals surface area contributed by atoms with E-state index in [4.69, 9.17) is 0 Å². The van der Waals surface area contributed by atoms with Gasteiger partial charge >= 0.3 is 0 Å². The monoisotopic (exact) mass is 295 g/mol. The number of ketones is 1. The molecule has 17 heavy (non-hydrogen) atoms. The fourth-order valence-electron chi connectivity index (χ4n) is 2.26. The lowest BCUT2D eigenvalue weighted by atomic mass is 9.75. The number of benzene rings is 1. The second-order valence-corrected chi connectivity index (χ2v) is 5.95. The highest BCUT2D eigenvalue weighted by molar-refractivity contribution is 9.10. The predicted octanol–water partition coefficient (Wildman–Crippen LogP) is 2.95. The number of hydrogen-bond donors (Lipinski definition) is 1. The average Bonchev–Trinajstić information content (AvgIpc) is 2.33. The molecule has 92 valence electrons. The Labute approximate surface area is 111 Å². The van der Waals surface area contributed by atoms with Crippen LogP contribution in [0.15, 0.2) is 28.7 Å². The molecular formula is C14H18BrNO. The maximum Gasteiger partial charge on any atom is 0.143 e. The molecule has 0 bridgehead atoms. The largest absolute Gasteiger partial charge is 0.317 e. The zero-order valence-corrected chi connectivity index (χ0v) is 11.7. The standard InChI is InChI=1S/C14H18BrNO/c1-14(6-8-16-9-7-14)13(17)10-11-2-4-12(15)5-3-11/h2-5,16H,6-10H2,1H3. The van der Waals surface area contributed by atoms with Crippen LogP contribution in [0.1, 0.15) is 25.3 Å². The van der Waals surface area contributed by atoms with Crippen molar-refractivity contribution in [1.82, 2.24) is 5.32 Å². The molecular weight excluding hydrogens is 278 g/mol. The topological polar surface area (TPSA) is 29.1 Å². The SMILES string of the molecule is CC1(C(=O)Cc2ccc(Br)cc2)CCNCC1. The highest BCUT2D eigenvalue weighted by Crippen LogP contribution is 2.30. The highest BCUT2D eigenvalue weighted by Gasteiger charge is 2.33. The Kier molecular flexibility index (Phi) is 4.00. The first-order chi connectivity index (χ1) is 8.10.